The van der Waals surface area contributed by atoms with Gasteiger partial charge in [0.25, 0.3) is 5.91 Å². The predicted molar refractivity (Wildman–Crippen MR) is 67.4 cm³/mol. The van der Waals surface area contributed by atoms with Crippen LogP contribution in [0.2, 0.25) is 0 Å². The van der Waals surface area contributed by atoms with Crippen LogP contribution in [0.5, 0.6) is 11.5 Å². The van der Waals surface area contributed by atoms with E-state index < -0.39 is 11.8 Å². The smallest absolute Gasteiger partial charge is 0.482 e. The summed E-state index contributed by atoms with van der Waals surface area (Å²) in [6, 6.07) is 4.70. The van der Waals surface area contributed by atoms with E-state index in [9.17, 15) is 9.59 Å². The molecule has 1 aliphatic rings. The molecule has 0 bridgehead atoms. The Bertz CT molecular complexity index is 518. The van der Waals surface area contributed by atoms with E-state index in [1.807, 2.05) is 0 Å². The first-order valence-electron chi connectivity index (χ1n) is 5.81. The summed E-state index contributed by atoms with van der Waals surface area (Å²) in [5, 5.41) is 2.63. The maximum Gasteiger partial charge on any atom is 0.514 e. The largest absolute Gasteiger partial charge is 0.514 e. The van der Waals surface area contributed by atoms with Crippen LogP contribution < -0.4 is 14.8 Å². The zero-order valence-corrected chi connectivity index (χ0v) is 11.0. The van der Waals surface area contributed by atoms with Gasteiger partial charge in [0.05, 0.1) is 5.69 Å². The van der Waals surface area contributed by atoms with E-state index in [4.69, 9.17) is 14.2 Å². The molecular formula is C13H15NO5. The highest BCUT2D eigenvalue weighted by Gasteiger charge is 2.20. The van der Waals surface area contributed by atoms with Crippen LogP contribution in [0.3, 0.4) is 0 Å². The number of carbonyl (C=O) groups is 2. The van der Waals surface area contributed by atoms with Gasteiger partial charge in [0.15, 0.2) is 6.61 Å². The van der Waals surface area contributed by atoms with Gasteiger partial charge in [-0.05, 0) is 32.9 Å². The lowest BCUT2D eigenvalue weighted by Crippen LogP contribution is -2.26. The fourth-order valence-corrected chi connectivity index (χ4v) is 1.49. The summed E-state index contributed by atoms with van der Waals surface area (Å²) < 4.78 is 15.2. The molecule has 0 spiro atoms. The van der Waals surface area contributed by atoms with Gasteiger partial charge in [-0.1, -0.05) is 0 Å². The second-order valence-corrected chi connectivity index (χ2v) is 5.06. The van der Waals surface area contributed by atoms with E-state index in [0.717, 1.165) is 0 Å². The first-order chi connectivity index (χ1) is 8.83. The highest BCUT2D eigenvalue weighted by molar-refractivity contribution is 5.95. The van der Waals surface area contributed by atoms with Crippen LogP contribution in [0.15, 0.2) is 18.2 Å². The summed E-state index contributed by atoms with van der Waals surface area (Å²) in [6.45, 7) is 5.22. The molecule has 0 fully saturated rings. The fourth-order valence-electron chi connectivity index (χ4n) is 1.49. The van der Waals surface area contributed by atoms with Crippen LogP contribution in [0.4, 0.5) is 10.5 Å². The van der Waals surface area contributed by atoms with Crippen molar-refractivity contribution < 1.29 is 23.8 Å². The molecule has 1 amide bonds. The van der Waals surface area contributed by atoms with Crippen LogP contribution in [-0.2, 0) is 9.53 Å². The van der Waals surface area contributed by atoms with E-state index in [2.05, 4.69) is 5.32 Å². The number of ether oxygens (including phenoxy) is 3. The monoisotopic (exact) mass is 265 g/mol. The molecule has 19 heavy (non-hydrogen) atoms. The molecule has 1 aliphatic heterocycles. The van der Waals surface area contributed by atoms with E-state index in [1.165, 1.54) is 6.07 Å². The van der Waals surface area contributed by atoms with Gasteiger partial charge >= 0.3 is 6.16 Å². The Balaban J connectivity index is 2.08. The van der Waals surface area contributed by atoms with E-state index in [1.54, 1.807) is 32.9 Å². The lowest BCUT2D eigenvalue weighted by atomic mass is 10.2. The first-order valence-corrected chi connectivity index (χ1v) is 5.81. The number of hydrogen-bond donors (Lipinski definition) is 1. The van der Waals surface area contributed by atoms with Crippen molar-refractivity contribution in [3.8, 4) is 11.5 Å². The topological polar surface area (TPSA) is 73.9 Å². The van der Waals surface area contributed by atoms with E-state index in [-0.39, 0.29) is 18.3 Å². The molecule has 6 heteroatoms. The quantitative estimate of drug-likeness (QED) is 0.623. The van der Waals surface area contributed by atoms with Crippen molar-refractivity contribution in [1.82, 2.24) is 0 Å². The third kappa shape index (κ3) is 3.61. The Morgan fingerprint density at radius 2 is 2.11 bits per heavy atom. The standard InChI is InChI=1S/C13H15NO5/c1-13(2,3)19-12(16)18-8-4-5-10-9(6-8)14-11(15)7-17-10/h4-6H,7H2,1-3H3,(H,14,15). The van der Waals surface area contributed by atoms with Crippen molar-refractivity contribution in [2.45, 2.75) is 26.4 Å². The Morgan fingerprint density at radius 3 is 2.79 bits per heavy atom. The second-order valence-electron chi connectivity index (χ2n) is 5.06. The highest BCUT2D eigenvalue weighted by atomic mass is 16.7. The van der Waals surface area contributed by atoms with Crippen LogP contribution in [0, 0.1) is 0 Å². The number of rotatable bonds is 1. The molecule has 1 aromatic rings. The lowest BCUT2D eigenvalue weighted by Gasteiger charge is -2.20. The van der Waals surface area contributed by atoms with Crippen molar-refractivity contribution in [3.05, 3.63) is 18.2 Å². The van der Waals surface area contributed by atoms with Gasteiger partial charge < -0.3 is 19.5 Å². The number of anilines is 1. The van der Waals surface area contributed by atoms with Gasteiger partial charge in [-0.2, -0.15) is 0 Å². The normalized spacial score (nSPS) is 13.9. The second kappa shape index (κ2) is 4.79. The van der Waals surface area contributed by atoms with Crippen LogP contribution >= 0.6 is 0 Å². The van der Waals surface area contributed by atoms with Crippen molar-refractivity contribution in [2.24, 2.45) is 0 Å². The minimum Gasteiger partial charge on any atom is -0.482 e. The summed E-state index contributed by atoms with van der Waals surface area (Å²) in [6.07, 6.45) is -0.796. The number of fused-ring (bicyclic) bond motifs is 1. The third-order valence-corrected chi connectivity index (χ3v) is 2.17. The number of amides is 1. The van der Waals surface area contributed by atoms with Gasteiger partial charge in [0.1, 0.15) is 17.1 Å². The number of carbonyl (C=O) groups excluding carboxylic acids is 2. The van der Waals surface area contributed by atoms with Gasteiger partial charge in [-0.15, -0.1) is 0 Å². The molecule has 1 N–H and O–H groups in total. The van der Waals surface area contributed by atoms with Crippen LogP contribution in [0.1, 0.15) is 20.8 Å². The van der Waals surface area contributed by atoms with E-state index >= 15 is 0 Å². The Morgan fingerprint density at radius 1 is 1.37 bits per heavy atom. The van der Waals surface area contributed by atoms with Gasteiger partial charge in [0.2, 0.25) is 0 Å². The summed E-state index contributed by atoms with van der Waals surface area (Å²) >= 11 is 0. The molecule has 0 saturated carbocycles. The first kappa shape index (κ1) is 13.2. The third-order valence-electron chi connectivity index (χ3n) is 2.17. The summed E-state index contributed by atoms with van der Waals surface area (Å²) in [4.78, 5) is 22.7. The number of hydrogen-bond acceptors (Lipinski definition) is 5. The lowest BCUT2D eigenvalue weighted by molar-refractivity contribution is -0.118. The molecule has 0 aromatic heterocycles. The molecule has 102 valence electrons. The molecule has 2 rings (SSSR count). The summed E-state index contributed by atoms with van der Waals surface area (Å²) in [5.74, 6) is 0.567. The summed E-state index contributed by atoms with van der Waals surface area (Å²) in [5.41, 5.74) is -0.153. The molecule has 0 atom stereocenters. The molecule has 1 heterocycles. The molecule has 0 radical (unpaired) electrons. The van der Waals surface area contributed by atoms with Crippen molar-refractivity contribution in [1.29, 1.82) is 0 Å². The summed E-state index contributed by atoms with van der Waals surface area (Å²) in [7, 11) is 0. The molecular weight excluding hydrogens is 250 g/mol. The maximum atomic E-state index is 11.5. The Labute approximate surface area is 110 Å². The average molecular weight is 265 g/mol. The minimum absolute atomic E-state index is 0.0146. The molecule has 0 aliphatic carbocycles. The fraction of sp³-hybridized carbons (Fsp3) is 0.385. The van der Waals surface area contributed by atoms with Crippen LogP contribution in [0.25, 0.3) is 0 Å². The van der Waals surface area contributed by atoms with Gasteiger partial charge in [0, 0.05) is 6.07 Å². The molecule has 6 nitrogen and oxygen atoms in total. The molecule has 0 saturated heterocycles. The Hall–Kier alpha value is -2.24. The molecule has 0 unspecified atom stereocenters. The number of nitrogens with one attached hydrogen (secondary N) is 1. The van der Waals surface area contributed by atoms with Crippen molar-refractivity contribution in [2.75, 3.05) is 11.9 Å². The van der Waals surface area contributed by atoms with Gasteiger partial charge in [-0.25, -0.2) is 4.79 Å². The zero-order chi connectivity index (χ0) is 14.0. The number of benzene rings is 1. The average Bonchev–Trinajstić information content (AvgIpc) is 2.25. The van der Waals surface area contributed by atoms with E-state index in [0.29, 0.717) is 11.4 Å². The van der Waals surface area contributed by atoms with Gasteiger partial charge in [-0.3, -0.25) is 4.79 Å². The Kier molecular flexibility index (Phi) is 3.33. The van der Waals surface area contributed by atoms with Crippen LogP contribution in [-0.4, -0.2) is 24.3 Å². The molecule has 1 aromatic carbocycles. The zero-order valence-electron chi connectivity index (χ0n) is 11.0. The SMILES string of the molecule is CC(C)(C)OC(=O)Oc1ccc2c(c1)NC(=O)CO2. The predicted octanol–water partition coefficient (Wildman–Crippen LogP) is 2.33. The minimum atomic E-state index is -0.796. The maximum absolute atomic E-state index is 11.5. The highest BCUT2D eigenvalue weighted by Crippen LogP contribution is 2.31. The van der Waals surface area contributed by atoms with Crippen molar-refractivity contribution in [3.63, 3.8) is 0 Å². The van der Waals surface area contributed by atoms with Crippen molar-refractivity contribution >= 4 is 17.7 Å².